The van der Waals surface area contributed by atoms with Crippen molar-refractivity contribution in [2.75, 3.05) is 66.2 Å². The van der Waals surface area contributed by atoms with Crippen molar-refractivity contribution in [3.63, 3.8) is 0 Å². The van der Waals surface area contributed by atoms with Gasteiger partial charge in [-0.3, -0.25) is 0 Å². The predicted octanol–water partition coefficient (Wildman–Crippen LogP) is -0.716. The summed E-state index contributed by atoms with van der Waals surface area (Å²) in [5, 5.41) is 0. The molecule has 0 amide bonds. The summed E-state index contributed by atoms with van der Waals surface area (Å²) in [5.41, 5.74) is 0. The van der Waals surface area contributed by atoms with Crippen LogP contribution < -0.4 is 19.3 Å². The minimum atomic E-state index is 0.564. The molecule has 1 aliphatic rings. The first-order valence-corrected chi connectivity index (χ1v) is 8.87. The van der Waals surface area contributed by atoms with Gasteiger partial charge in [0.25, 0.3) is 0 Å². The van der Waals surface area contributed by atoms with Crippen molar-refractivity contribution in [1.82, 2.24) is 0 Å². The van der Waals surface area contributed by atoms with Gasteiger partial charge in [-0.25, -0.2) is 0 Å². The zero-order chi connectivity index (χ0) is 16.3. The highest BCUT2D eigenvalue weighted by atomic mass is 16.5. The average Bonchev–Trinajstić information content (AvgIpc) is 2.58. The van der Waals surface area contributed by atoms with Crippen LogP contribution in [0.2, 0.25) is 0 Å². The lowest BCUT2D eigenvalue weighted by Gasteiger charge is -2.27. The number of benzene rings is 1. The minimum absolute atomic E-state index is 0.564. The van der Waals surface area contributed by atoms with E-state index in [9.17, 15) is 0 Å². The molecule has 1 saturated heterocycles. The Balaban J connectivity index is 1.57. The molecular formula is C18H32N2O3+2. The van der Waals surface area contributed by atoms with Crippen LogP contribution in [0, 0.1) is 0 Å². The summed E-state index contributed by atoms with van der Waals surface area (Å²) in [6.45, 7) is 11.0. The van der Waals surface area contributed by atoms with Crippen molar-refractivity contribution >= 4 is 0 Å². The van der Waals surface area contributed by atoms with Crippen LogP contribution in [0.15, 0.2) is 24.3 Å². The predicted molar refractivity (Wildman–Crippen MR) is 90.7 cm³/mol. The van der Waals surface area contributed by atoms with E-state index in [-0.39, 0.29) is 0 Å². The molecule has 0 saturated carbocycles. The topological polar surface area (TPSA) is 36.6 Å². The molecule has 0 aliphatic carbocycles. The first-order valence-electron chi connectivity index (χ1n) is 8.87. The van der Waals surface area contributed by atoms with E-state index < -0.39 is 0 Å². The van der Waals surface area contributed by atoms with Gasteiger partial charge in [-0.05, 0) is 18.6 Å². The van der Waals surface area contributed by atoms with Gasteiger partial charge in [-0.1, -0.05) is 19.1 Å². The summed E-state index contributed by atoms with van der Waals surface area (Å²) in [6, 6.07) is 7.83. The van der Waals surface area contributed by atoms with E-state index in [0.717, 1.165) is 31.1 Å². The van der Waals surface area contributed by atoms with Crippen molar-refractivity contribution in [2.45, 2.75) is 13.3 Å². The summed E-state index contributed by atoms with van der Waals surface area (Å²) in [4.78, 5) is 3.31. The number of likely N-dealkylation sites (N-methyl/N-ethyl adjacent to an activating group) is 1. The smallest absolute Gasteiger partial charge is 0.161 e. The molecular weight excluding hydrogens is 292 g/mol. The Morgan fingerprint density at radius 3 is 2.17 bits per heavy atom. The van der Waals surface area contributed by atoms with Gasteiger partial charge in [0.15, 0.2) is 11.5 Å². The minimum Gasteiger partial charge on any atom is -0.490 e. The molecule has 0 atom stereocenters. The van der Waals surface area contributed by atoms with Crippen molar-refractivity contribution in [3.8, 4) is 11.5 Å². The van der Waals surface area contributed by atoms with Crippen molar-refractivity contribution in [3.05, 3.63) is 24.3 Å². The van der Waals surface area contributed by atoms with E-state index >= 15 is 0 Å². The zero-order valence-corrected chi connectivity index (χ0v) is 14.6. The van der Waals surface area contributed by atoms with Crippen LogP contribution in [0.5, 0.6) is 11.5 Å². The fourth-order valence-corrected chi connectivity index (χ4v) is 2.71. The fraction of sp³-hybridized carbons (Fsp3) is 0.667. The fourth-order valence-electron chi connectivity index (χ4n) is 2.71. The largest absolute Gasteiger partial charge is 0.490 e. The second-order valence-electron chi connectivity index (χ2n) is 6.21. The molecule has 0 bridgehead atoms. The van der Waals surface area contributed by atoms with Crippen LogP contribution in [-0.2, 0) is 4.74 Å². The molecule has 1 fully saturated rings. The van der Waals surface area contributed by atoms with Gasteiger partial charge >= 0.3 is 0 Å². The van der Waals surface area contributed by atoms with Crippen LogP contribution in [0.25, 0.3) is 0 Å². The van der Waals surface area contributed by atoms with Crippen LogP contribution in [0.1, 0.15) is 13.3 Å². The molecule has 0 radical (unpaired) electrons. The molecule has 5 nitrogen and oxygen atoms in total. The monoisotopic (exact) mass is 324 g/mol. The van der Waals surface area contributed by atoms with Crippen LogP contribution in [-0.4, -0.2) is 66.2 Å². The summed E-state index contributed by atoms with van der Waals surface area (Å²) >= 11 is 0. The lowest BCUT2D eigenvalue weighted by Crippen LogP contribution is -3.27. The molecule has 1 aliphatic heterocycles. The molecule has 1 heterocycles. The van der Waals surface area contributed by atoms with E-state index in [1.165, 1.54) is 26.2 Å². The molecule has 0 aromatic heterocycles. The number of rotatable bonds is 10. The highest BCUT2D eigenvalue weighted by Crippen LogP contribution is 2.26. The molecule has 2 N–H and O–H groups in total. The Morgan fingerprint density at radius 2 is 1.52 bits per heavy atom. The number of piperazine rings is 1. The molecule has 1 aromatic rings. The maximum atomic E-state index is 5.78. The Kier molecular flexibility index (Phi) is 8.21. The van der Waals surface area contributed by atoms with Gasteiger partial charge in [-0.15, -0.1) is 0 Å². The van der Waals surface area contributed by atoms with Gasteiger partial charge in [0.1, 0.15) is 39.3 Å². The number of ether oxygens (including phenoxy) is 3. The maximum absolute atomic E-state index is 5.78. The third-order valence-electron chi connectivity index (χ3n) is 4.21. The molecule has 130 valence electrons. The van der Waals surface area contributed by atoms with Crippen LogP contribution >= 0.6 is 0 Å². The van der Waals surface area contributed by atoms with Gasteiger partial charge in [0, 0.05) is 0 Å². The van der Waals surface area contributed by atoms with Crippen molar-refractivity contribution < 1.29 is 24.0 Å². The van der Waals surface area contributed by atoms with Gasteiger partial charge in [0.05, 0.1) is 26.9 Å². The number of quaternary nitrogens is 2. The Hall–Kier alpha value is -1.30. The number of para-hydroxylation sites is 2. The summed E-state index contributed by atoms with van der Waals surface area (Å²) in [5.74, 6) is 1.62. The van der Waals surface area contributed by atoms with Crippen LogP contribution in [0.4, 0.5) is 0 Å². The third kappa shape index (κ3) is 6.77. The Bertz CT molecular complexity index is 434. The van der Waals surface area contributed by atoms with Crippen LogP contribution in [0.3, 0.4) is 0 Å². The average molecular weight is 324 g/mol. The van der Waals surface area contributed by atoms with E-state index in [0.29, 0.717) is 19.8 Å². The second-order valence-corrected chi connectivity index (χ2v) is 6.21. The lowest BCUT2D eigenvalue weighted by molar-refractivity contribution is -1.00. The van der Waals surface area contributed by atoms with Gasteiger partial charge in [0.2, 0.25) is 0 Å². The van der Waals surface area contributed by atoms with E-state index in [1.54, 1.807) is 9.80 Å². The molecule has 2 rings (SSSR count). The molecule has 0 spiro atoms. The van der Waals surface area contributed by atoms with Crippen molar-refractivity contribution in [2.24, 2.45) is 0 Å². The van der Waals surface area contributed by atoms with E-state index in [2.05, 4.69) is 14.0 Å². The molecule has 1 aromatic carbocycles. The SMILES string of the molecule is CCCOc1ccccc1OCCOCC[NH+]1CC[NH+](C)CC1. The summed E-state index contributed by atoms with van der Waals surface area (Å²) in [6.07, 6.45) is 0.994. The second kappa shape index (κ2) is 10.5. The summed E-state index contributed by atoms with van der Waals surface area (Å²) in [7, 11) is 2.27. The number of hydrogen-bond donors (Lipinski definition) is 2. The molecule has 23 heavy (non-hydrogen) atoms. The summed E-state index contributed by atoms with van der Waals surface area (Å²) < 4.78 is 17.2. The van der Waals surface area contributed by atoms with E-state index in [1.807, 2.05) is 24.3 Å². The quantitative estimate of drug-likeness (QED) is 0.558. The van der Waals surface area contributed by atoms with Crippen molar-refractivity contribution in [1.29, 1.82) is 0 Å². The highest BCUT2D eigenvalue weighted by molar-refractivity contribution is 5.39. The van der Waals surface area contributed by atoms with Gasteiger partial charge < -0.3 is 24.0 Å². The zero-order valence-electron chi connectivity index (χ0n) is 14.6. The van der Waals surface area contributed by atoms with E-state index in [4.69, 9.17) is 14.2 Å². The standard InChI is InChI=1S/C18H30N2O3/c1-3-13-22-17-6-4-5-7-18(17)23-16-15-21-14-12-20-10-8-19(2)9-11-20/h4-7H,3,8-16H2,1-2H3/p+2. The molecule has 0 unspecified atom stereocenters. The lowest BCUT2D eigenvalue weighted by atomic mass is 10.3. The first-order chi connectivity index (χ1) is 11.3. The third-order valence-corrected chi connectivity index (χ3v) is 4.21. The number of hydrogen-bond acceptors (Lipinski definition) is 3. The normalized spacial score (nSPS) is 21.1. The van der Waals surface area contributed by atoms with Gasteiger partial charge in [-0.2, -0.15) is 0 Å². The Labute approximate surface area is 140 Å². The Morgan fingerprint density at radius 1 is 0.870 bits per heavy atom. The maximum Gasteiger partial charge on any atom is 0.161 e. The first kappa shape index (κ1) is 18.0. The highest BCUT2D eigenvalue weighted by Gasteiger charge is 2.18. The number of nitrogens with one attached hydrogen (secondary N) is 2. The molecule has 5 heteroatoms.